The van der Waals surface area contributed by atoms with E-state index in [9.17, 15) is 9.59 Å². The Morgan fingerprint density at radius 3 is 2.62 bits per heavy atom. The molecule has 1 aromatic rings. The normalized spacial score (nSPS) is 16.0. The molecule has 21 heavy (non-hydrogen) atoms. The van der Waals surface area contributed by atoms with Gasteiger partial charge in [0.15, 0.2) is 0 Å². The molecule has 1 aliphatic rings. The van der Waals surface area contributed by atoms with Gasteiger partial charge in [-0.2, -0.15) is 0 Å². The Labute approximate surface area is 124 Å². The second kappa shape index (κ2) is 6.03. The summed E-state index contributed by atoms with van der Waals surface area (Å²) in [5.41, 5.74) is 1.75. The molecule has 2 amide bonds. The molecule has 0 radical (unpaired) electrons. The summed E-state index contributed by atoms with van der Waals surface area (Å²) in [6.07, 6.45) is 0. The summed E-state index contributed by atoms with van der Waals surface area (Å²) < 4.78 is 0. The van der Waals surface area contributed by atoms with Crippen LogP contribution in [0.4, 0.5) is 16.2 Å². The van der Waals surface area contributed by atoms with Crippen molar-refractivity contribution in [2.24, 2.45) is 11.8 Å². The molecule has 0 aliphatic carbocycles. The van der Waals surface area contributed by atoms with Gasteiger partial charge in [-0.3, -0.25) is 4.79 Å². The Balaban J connectivity index is 1.89. The highest BCUT2D eigenvalue weighted by atomic mass is 16.4. The molecule has 1 heterocycles. The monoisotopic (exact) mass is 291 g/mol. The van der Waals surface area contributed by atoms with Gasteiger partial charge in [-0.25, -0.2) is 4.79 Å². The molecule has 1 atom stereocenters. The van der Waals surface area contributed by atoms with Gasteiger partial charge in [-0.05, 0) is 18.2 Å². The van der Waals surface area contributed by atoms with Gasteiger partial charge in [0.05, 0.1) is 5.92 Å². The van der Waals surface area contributed by atoms with E-state index in [-0.39, 0.29) is 11.9 Å². The molecule has 6 nitrogen and oxygen atoms in total. The fourth-order valence-electron chi connectivity index (χ4n) is 2.26. The maximum Gasteiger partial charge on any atom is 0.321 e. The Bertz CT molecular complexity index is 539. The van der Waals surface area contributed by atoms with Crippen molar-refractivity contribution in [3.05, 3.63) is 24.3 Å². The van der Waals surface area contributed by atoms with Crippen LogP contribution in [0.3, 0.4) is 0 Å². The zero-order valence-electron chi connectivity index (χ0n) is 12.5. The molecule has 1 unspecified atom stereocenters. The highest BCUT2D eigenvalue weighted by molar-refractivity contribution is 5.90. The first-order chi connectivity index (χ1) is 9.88. The van der Waals surface area contributed by atoms with E-state index in [0.717, 1.165) is 11.4 Å². The van der Waals surface area contributed by atoms with Crippen LogP contribution < -0.4 is 10.2 Å². The lowest BCUT2D eigenvalue weighted by molar-refractivity contribution is -0.144. The summed E-state index contributed by atoms with van der Waals surface area (Å²) in [6.45, 7) is 2.67. The lowest BCUT2D eigenvalue weighted by Crippen LogP contribution is -2.54. The van der Waals surface area contributed by atoms with Gasteiger partial charge in [-0.15, -0.1) is 0 Å². The van der Waals surface area contributed by atoms with E-state index in [1.165, 1.54) is 0 Å². The van der Waals surface area contributed by atoms with Crippen molar-refractivity contribution in [2.45, 2.75) is 6.92 Å². The van der Waals surface area contributed by atoms with E-state index in [1.54, 1.807) is 11.8 Å². The molecule has 1 fully saturated rings. The predicted molar refractivity (Wildman–Crippen MR) is 81.7 cm³/mol. The molecule has 6 heteroatoms. The van der Waals surface area contributed by atoms with Crippen LogP contribution in [0.5, 0.6) is 0 Å². The summed E-state index contributed by atoms with van der Waals surface area (Å²) in [7, 11) is 3.88. The highest BCUT2D eigenvalue weighted by Crippen LogP contribution is 2.25. The third kappa shape index (κ3) is 3.45. The van der Waals surface area contributed by atoms with Gasteiger partial charge in [-0.1, -0.05) is 13.0 Å². The fraction of sp³-hybridized carbons (Fsp3) is 0.467. The molecular formula is C15H21N3O3. The first-order valence-electron chi connectivity index (χ1n) is 6.94. The van der Waals surface area contributed by atoms with Gasteiger partial charge >= 0.3 is 12.0 Å². The van der Waals surface area contributed by atoms with Crippen LogP contribution in [0.1, 0.15) is 6.92 Å². The Morgan fingerprint density at radius 2 is 2.05 bits per heavy atom. The van der Waals surface area contributed by atoms with E-state index in [0.29, 0.717) is 13.1 Å². The number of benzene rings is 1. The number of amides is 2. The maximum atomic E-state index is 12.1. The van der Waals surface area contributed by atoms with Gasteiger partial charge < -0.3 is 20.2 Å². The second-order valence-corrected chi connectivity index (χ2v) is 5.67. The van der Waals surface area contributed by atoms with Gasteiger partial charge in [0.25, 0.3) is 0 Å². The number of rotatable bonds is 4. The van der Waals surface area contributed by atoms with Crippen molar-refractivity contribution in [3.8, 4) is 0 Å². The maximum absolute atomic E-state index is 12.1. The summed E-state index contributed by atoms with van der Waals surface area (Å²) in [6, 6.07) is 7.40. The van der Waals surface area contributed by atoms with Gasteiger partial charge in [0.1, 0.15) is 0 Å². The Kier molecular flexibility index (Phi) is 4.35. The van der Waals surface area contributed by atoms with Crippen molar-refractivity contribution in [1.82, 2.24) is 4.90 Å². The molecule has 0 bridgehead atoms. The van der Waals surface area contributed by atoms with Crippen molar-refractivity contribution >= 4 is 23.4 Å². The molecule has 1 aromatic carbocycles. The van der Waals surface area contributed by atoms with E-state index < -0.39 is 11.9 Å². The summed E-state index contributed by atoms with van der Waals surface area (Å²) >= 11 is 0. The number of carbonyl (C=O) groups excluding carboxylic acids is 1. The standard InChI is InChI=1S/C15H21N3O3/c1-10(14(19)20)11-8-18(9-11)15(21)16-12-5-4-6-13(7-12)17(2)3/h4-7,10-11H,8-9H2,1-3H3,(H,16,21)(H,19,20). The van der Waals surface area contributed by atoms with E-state index in [2.05, 4.69) is 5.32 Å². The summed E-state index contributed by atoms with van der Waals surface area (Å²) in [5.74, 6) is -1.17. The zero-order chi connectivity index (χ0) is 15.6. The number of hydrogen-bond donors (Lipinski definition) is 2. The number of anilines is 2. The molecule has 0 aromatic heterocycles. The molecule has 2 rings (SSSR count). The number of nitrogens with one attached hydrogen (secondary N) is 1. The van der Waals surface area contributed by atoms with Crippen molar-refractivity contribution in [2.75, 3.05) is 37.4 Å². The third-order valence-electron chi connectivity index (χ3n) is 3.91. The molecule has 0 saturated carbocycles. The second-order valence-electron chi connectivity index (χ2n) is 5.67. The van der Waals surface area contributed by atoms with Gasteiger partial charge in [0, 0.05) is 44.5 Å². The molecule has 0 spiro atoms. The van der Waals surface area contributed by atoms with Crippen LogP contribution in [-0.4, -0.2) is 49.2 Å². The largest absolute Gasteiger partial charge is 0.481 e. The quantitative estimate of drug-likeness (QED) is 0.889. The minimum atomic E-state index is -0.807. The van der Waals surface area contributed by atoms with Crippen molar-refractivity contribution in [3.63, 3.8) is 0 Å². The number of likely N-dealkylation sites (tertiary alicyclic amines) is 1. The number of urea groups is 1. The zero-order valence-corrected chi connectivity index (χ0v) is 12.5. The predicted octanol–water partition coefficient (Wildman–Crippen LogP) is 1.94. The van der Waals surface area contributed by atoms with Crippen LogP contribution in [0.2, 0.25) is 0 Å². The van der Waals surface area contributed by atoms with Crippen LogP contribution in [0.15, 0.2) is 24.3 Å². The third-order valence-corrected chi connectivity index (χ3v) is 3.91. The minimum absolute atomic E-state index is 0.0429. The number of carboxylic acids is 1. The van der Waals surface area contributed by atoms with Crippen molar-refractivity contribution in [1.29, 1.82) is 0 Å². The Hall–Kier alpha value is -2.24. The van der Waals surface area contributed by atoms with Crippen LogP contribution in [-0.2, 0) is 4.79 Å². The minimum Gasteiger partial charge on any atom is -0.481 e. The lowest BCUT2D eigenvalue weighted by Gasteiger charge is -2.41. The first kappa shape index (κ1) is 15.2. The average Bonchev–Trinajstić information content (AvgIpc) is 2.36. The fourth-order valence-corrected chi connectivity index (χ4v) is 2.26. The molecule has 2 N–H and O–H groups in total. The summed E-state index contributed by atoms with van der Waals surface area (Å²) in [4.78, 5) is 26.5. The SMILES string of the molecule is CC(C(=O)O)C1CN(C(=O)Nc2cccc(N(C)C)c2)C1. The topological polar surface area (TPSA) is 72.9 Å². The summed E-state index contributed by atoms with van der Waals surface area (Å²) in [5, 5.41) is 11.8. The average molecular weight is 291 g/mol. The van der Waals surface area contributed by atoms with Crippen LogP contribution >= 0.6 is 0 Å². The van der Waals surface area contributed by atoms with Gasteiger partial charge in [0.2, 0.25) is 0 Å². The molecule has 1 saturated heterocycles. The molecule has 114 valence electrons. The van der Waals surface area contributed by atoms with Crippen molar-refractivity contribution < 1.29 is 14.7 Å². The highest BCUT2D eigenvalue weighted by Gasteiger charge is 2.37. The smallest absolute Gasteiger partial charge is 0.321 e. The number of nitrogens with zero attached hydrogens (tertiary/aromatic N) is 2. The lowest BCUT2D eigenvalue weighted by atomic mass is 9.87. The van der Waals surface area contributed by atoms with E-state index in [1.807, 2.05) is 43.3 Å². The van der Waals surface area contributed by atoms with E-state index >= 15 is 0 Å². The van der Waals surface area contributed by atoms with Crippen LogP contribution in [0.25, 0.3) is 0 Å². The molecule has 1 aliphatic heterocycles. The number of carbonyl (C=O) groups is 2. The van der Waals surface area contributed by atoms with E-state index in [4.69, 9.17) is 5.11 Å². The Morgan fingerprint density at radius 1 is 1.38 bits per heavy atom. The number of hydrogen-bond acceptors (Lipinski definition) is 3. The first-order valence-corrected chi connectivity index (χ1v) is 6.94. The molecular weight excluding hydrogens is 270 g/mol. The number of aliphatic carboxylic acids is 1. The van der Waals surface area contributed by atoms with Crippen LogP contribution in [0, 0.1) is 11.8 Å². The number of carboxylic acid groups (broad SMARTS) is 1.